The number of hydrogen-bond acceptors (Lipinski definition) is 6. The number of anilines is 2. The van der Waals surface area contributed by atoms with Gasteiger partial charge in [0.05, 0.1) is 23.9 Å². The van der Waals surface area contributed by atoms with Gasteiger partial charge < -0.3 is 10.2 Å². The molecule has 2 heterocycles. The van der Waals surface area contributed by atoms with E-state index in [4.69, 9.17) is 5.26 Å². The molecule has 1 N–H and O–H groups in total. The van der Waals surface area contributed by atoms with Crippen LogP contribution in [0.25, 0.3) is 0 Å². The van der Waals surface area contributed by atoms with Gasteiger partial charge in [0.25, 0.3) is 0 Å². The van der Waals surface area contributed by atoms with Gasteiger partial charge in [0.2, 0.25) is 15.9 Å². The van der Waals surface area contributed by atoms with Gasteiger partial charge in [0.1, 0.15) is 23.9 Å². The predicted octanol–water partition coefficient (Wildman–Crippen LogP) is 4.19. The second-order valence-corrected chi connectivity index (χ2v) is 11.3. The summed E-state index contributed by atoms with van der Waals surface area (Å²) in [6, 6.07) is 7.45. The number of nitrogens with one attached hydrogen (secondary N) is 1. The van der Waals surface area contributed by atoms with Crippen molar-refractivity contribution in [3.8, 4) is 6.07 Å². The van der Waals surface area contributed by atoms with E-state index in [0.29, 0.717) is 28.9 Å². The highest BCUT2D eigenvalue weighted by Gasteiger charge is 2.34. The smallest absolute Gasteiger partial charge is 0.356 e. The summed E-state index contributed by atoms with van der Waals surface area (Å²) in [5.41, 5.74) is -0.647. The van der Waals surface area contributed by atoms with Crippen molar-refractivity contribution in [1.29, 1.82) is 5.26 Å². The molecule has 1 aromatic carbocycles. The lowest BCUT2D eigenvalue weighted by Crippen LogP contribution is -2.35. The summed E-state index contributed by atoms with van der Waals surface area (Å²) in [5.74, 6) is -1.66. The van der Waals surface area contributed by atoms with E-state index >= 15 is 0 Å². The van der Waals surface area contributed by atoms with Gasteiger partial charge in [-0.05, 0) is 49.4 Å². The molecule has 0 saturated carbocycles. The topological polar surface area (TPSA) is 106 Å². The molecule has 206 valence electrons. The molecule has 1 aliphatic rings. The number of amides is 1. The maximum absolute atomic E-state index is 14.8. The highest BCUT2D eigenvalue weighted by Crippen LogP contribution is 2.32. The van der Waals surface area contributed by atoms with Gasteiger partial charge in [0.15, 0.2) is 0 Å². The zero-order valence-corrected chi connectivity index (χ0v) is 22.0. The standard InChI is InChI=1S/C25H29F4N5O3S/c1-16-8-11-33(12-9-16)23-19(5-7-22(32-23)25(27,28)29)15-31-24(35)17(2)18-4-6-21(20(26)14-18)34(13-10-30)38(3,36)37/h4-7,14,16-17H,8-9,11-13,15H2,1-3H3,(H,31,35). The molecule has 8 nitrogen and oxygen atoms in total. The van der Waals surface area contributed by atoms with E-state index in [1.54, 1.807) is 11.0 Å². The summed E-state index contributed by atoms with van der Waals surface area (Å²) in [4.78, 5) is 18.5. The summed E-state index contributed by atoms with van der Waals surface area (Å²) in [6.07, 6.45) is -2.13. The summed E-state index contributed by atoms with van der Waals surface area (Å²) >= 11 is 0. The number of rotatable bonds is 8. The monoisotopic (exact) mass is 555 g/mol. The lowest BCUT2D eigenvalue weighted by atomic mass is 9.98. The molecular weight excluding hydrogens is 526 g/mol. The average Bonchev–Trinajstić information content (AvgIpc) is 2.85. The van der Waals surface area contributed by atoms with E-state index in [-0.39, 0.29) is 23.6 Å². The van der Waals surface area contributed by atoms with Crippen molar-refractivity contribution in [3.63, 3.8) is 0 Å². The number of sulfonamides is 1. The zero-order chi connectivity index (χ0) is 28.3. The first-order chi connectivity index (χ1) is 17.7. The number of hydrogen-bond donors (Lipinski definition) is 1. The highest BCUT2D eigenvalue weighted by atomic mass is 32.2. The van der Waals surface area contributed by atoms with Gasteiger partial charge in [-0.3, -0.25) is 9.10 Å². The number of carbonyl (C=O) groups is 1. The normalized spacial score (nSPS) is 15.6. The number of pyridine rings is 1. The first-order valence-corrected chi connectivity index (χ1v) is 13.8. The number of carbonyl (C=O) groups excluding carboxylic acids is 1. The highest BCUT2D eigenvalue weighted by molar-refractivity contribution is 7.92. The van der Waals surface area contributed by atoms with Crippen LogP contribution in [0, 0.1) is 23.1 Å². The van der Waals surface area contributed by atoms with Crippen molar-refractivity contribution in [1.82, 2.24) is 10.3 Å². The Balaban J connectivity index is 1.78. The van der Waals surface area contributed by atoms with Gasteiger partial charge in [-0.15, -0.1) is 0 Å². The summed E-state index contributed by atoms with van der Waals surface area (Å²) in [5, 5.41) is 11.6. The third-order valence-electron chi connectivity index (χ3n) is 6.53. The Hall–Kier alpha value is -3.40. The van der Waals surface area contributed by atoms with Gasteiger partial charge in [-0.25, -0.2) is 17.8 Å². The Kier molecular flexibility index (Phi) is 8.86. The predicted molar refractivity (Wildman–Crippen MR) is 134 cm³/mol. The van der Waals surface area contributed by atoms with Crippen LogP contribution < -0.4 is 14.5 Å². The van der Waals surface area contributed by atoms with Crippen molar-refractivity contribution < 1.29 is 30.8 Å². The number of aromatic nitrogens is 1. The van der Waals surface area contributed by atoms with Crippen molar-refractivity contribution in [2.24, 2.45) is 5.92 Å². The van der Waals surface area contributed by atoms with Crippen LogP contribution in [-0.2, 0) is 27.5 Å². The molecule has 0 radical (unpaired) electrons. The second kappa shape index (κ2) is 11.6. The SMILES string of the molecule is CC1CCN(c2nc(C(F)(F)F)ccc2CNC(=O)C(C)c2ccc(N(CC#N)S(C)(=O)=O)c(F)c2)CC1. The van der Waals surface area contributed by atoms with Crippen LogP contribution in [-0.4, -0.2) is 45.2 Å². The van der Waals surface area contributed by atoms with Gasteiger partial charge in [-0.2, -0.15) is 18.4 Å². The Morgan fingerprint density at radius 2 is 1.92 bits per heavy atom. The number of nitriles is 1. The minimum absolute atomic E-state index is 0.0830. The third-order valence-corrected chi connectivity index (χ3v) is 7.66. The maximum atomic E-state index is 14.8. The van der Waals surface area contributed by atoms with Crippen molar-refractivity contribution in [3.05, 3.63) is 53.0 Å². The van der Waals surface area contributed by atoms with Crippen molar-refractivity contribution in [2.75, 3.05) is 35.1 Å². The molecular formula is C25H29F4N5O3S. The average molecular weight is 556 g/mol. The lowest BCUT2D eigenvalue weighted by Gasteiger charge is -2.33. The Morgan fingerprint density at radius 1 is 1.26 bits per heavy atom. The number of alkyl halides is 3. The van der Waals surface area contributed by atoms with E-state index in [1.807, 2.05) is 0 Å². The van der Waals surface area contributed by atoms with Gasteiger partial charge in [-0.1, -0.05) is 19.1 Å². The van der Waals surface area contributed by atoms with E-state index in [0.717, 1.165) is 31.2 Å². The molecule has 0 bridgehead atoms. The maximum Gasteiger partial charge on any atom is 0.433 e. The van der Waals surface area contributed by atoms with Crippen LogP contribution in [0.15, 0.2) is 30.3 Å². The van der Waals surface area contributed by atoms with Crippen LogP contribution in [0.2, 0.25) is 0 Å². The molecule has 1 atom stereocenters. The van der Waals surface area contributed by atoms with Crippen molar-refractivity contribution >= 4 is 27.4 Å². The largest absolute Gasteiger partial charge is 0.433 e. The Morgan fingerprint density at radius 3 is 2.47 bits per heavy atom. The Labute approximate surface area is 219 Å². The van der Waals surface area contributed by atoms with Crippen molar-refractivity contribution in [2.45, 2.75) is 45.3 Å². The van der Waals surface area contributed by atoms with Crippen LogP contribution in [0.3, 0.4) is 0 Å². The number of benzene rings is 1. The molecule has 0 spiro atoms. The fraction of sp³-hybridized carbons (Fsp3) is 0.480. The van der Waals surface area contributed by atoms with Crippen LogP contribution in [0.4, 0.5) is 29.1 Å². The van der Waals surface area contributed by atoms with E-state index in [9.17, 15) is 30.8 Å². The summed E-state index contributed by atoms with van der Waals surface area (Å²) in [7, 11) is -3.91. The minimum Gasteiger partial charge on any atom is -0.356 e. The van der Waals surface area contributed by atoms with Crippen LogP contribution in [0.1, 0.15) is 49.4 Å². The Bertz CT molecular complexity index is 1320. The molecule has 1 saturated heterocycles. The first-order valence-electron chi connectivity index (χ1n) is 12.0. The molecule has 38 heavy (non-hydrogen) atoms. The molecule has 1 aromatic heterocycles. The van der Waals surface area contributed by atoms with E-state index in [2.05, 4.69) is 17.2 Å². The molecule has 1 amide bonds. The quantitative estimate of drug-likeness (QED) is 0.387. The number of nitrogens with zero attached hydrogens (tertiary/aromatic N) is 4. The molecule has 3 rings (SSSR count). The summed E-state index contributed by atoms with van der Waals surface area (Å²) < 4.78 is 79.2. The third kappa shape index (κ3) is 6.92. The molecule has 1 unspecified atom stereocenters. The van der Waals surface area contributed by atoms with E-state index < -0.39 is 46.1 Å². The fourth-order valence-corrected chi connectivity index (χ4v) is 4.99. The zero-order valence-electron chi connectivity index (χ0n) is 21.2. The number of halogens is 4. The van der Waals surface area contributed by atoms with Crippen LogP contribution in [0.5, 0.6) is 0 Å². The summed E-state index contributed by atoms with van der Waals surface area (Å²) in [6.45, 7) is 4.04. The van der Waals surface area contributed by atoms with Gasteiger partial charge in [0, 0.05) is 25.2 Å². The van der Waals surface area contributed by atoms with Gasteiger partial charge >= 0.3 is 6.18 Å². The van der Waals surface area contributed by atoms with Crippen LogP contribution >= 0.6 is 0 Å². The molecule has 1 fully saturated rings. The molecule has 13 heteroatoms. The lowest BCUT2D eigenvalue weighted by molar-refractivity contribution is -0.141. The minimum atomic E-state index is -4.61. The fourth-order valence-electron chi connectivity index (χ4n) is 4.19. The first kappa shape index (κ1) is 29.2. The number of piperidine rings is 1. The molecule has 1 aliphatic heterocycles. The van der Waals surface area contributed by atoms with E-state index in [1.165, 1.54) is 25.1 Å². The molecule has 2 aromatic rings. The second-order valence-electron chi connectivity index (χ2n) is 9.42. The molecule has 0 aliphatic carbocycles.